The first-order valence-corrected chi connectivity index (χ1v) is 10.7. The number of aromatic nitrogens is 2. The number of hydrogen-bond acceptors (Lipinski definition) is 6. The van der Waals surface area contributed by atoms with E-state index < -0.39 is 0 Å². The minimum Gasteiger partial charge on any atom is -0.490 e. The predicted molar refractivity (Wildman–Crippen MR) is 105 cm³/mol. The maximum absolute atomic E-state index is 5.83. The van der Waals surface area contributed by atoms with Crippen molar-refractivity contribution in [2.24, 2.45) is 5.92 Å². The second-order valence-corrected chi connectivity index (χ2v) is 9.12. The molecule has 0 amide bonds. The standard InChI is InChI=1S/C20H20N2O2S2/c1-12-3-5-14-17(9-12)26-20-18(14)19(21-11-22-20)25-13-4-6-15-16(10-13)24-8-2-7-23-15/h4,6,10-12H,2-3,5,7-9H2,1H3/t12-/m1/s1. The Morgan fingerprint density at radius 2 is 2.04 bits per heavy atom. The van der Waals surface area contributed by atoms with E-state index in [0.29, 0.717) is 13.2 Å². The van der Waals surface area contributed by atoms with Crippen LogP contribution in [-0.4, -0.2) is 23.2 Å². The average molecular weight is 385 g/mol. The largest absolute Gasteiger partial charge is 0.490 e. The molecule has 134 valence electrons. The molecule has 0 bridgehead atoms. The predicted octanol–water partition coefficient (Wildman–Crippen LogP) is 5.13. The van der Waals surface area contributed by atoms with E-state index in [4.69, 9.17) is 9.47 Å². The summed E-state index contributed by atoms with van der Waals surface area (Å²) in [6.45, 7) is 3.76. The van der Waals surface area contributed by atoms with Crippen molar-refractivity contribution in [3.05, 3.63) is 35.0 Å². The molecule has 1 atom stereocenters. The van der Waals surface area contributed by atoms with Crippen molar-refractivity contribution in [3.8, 4) is 11.5 Å². The lowest BCUT2D eigenvalue weighted by molar-refractivity contribution is 0.297. The lowest BCUT2D eigenvalue weighted by Gasteiger charge is -2.18. The highest BCUT2D eigenvalue weighted by atomic mass is 32.2. The smallest absolute Gasteiger partial charge is 0.162 e. The van der Waals surface area contributed by atoms with Gasteiger partial charge in [0.25, 0.3) is 0 Å². The molecule has 3 heterocycles. The lowest BCUT2D eigenvalue weighted by Crippen LogP contribution is -2.08. The highest BCUT2D eigenvalue weighted by molar-refractivity contribution is 7.99. The average Bonchev–Trinajstić information content (AvgIpc) is 2.84. The van der Waals surface area contributed by atoms with E-state index in [0.717, 1.165) is 45.0 Å². The Kier molecular flexibility index (Phi) is 4.25. The van der Waals surface area contributed by atoms with Gasteiger partial charge in [0.1, 0.15) is 16.2 Å². The molecule has 0 radical (unpaired) electrons. The summed E-state index contributed by atoms with van der Waals surface area (Å²) in [5.41, 5.74) is 1.47. The minimum absolute atomic E-state index is 0.703. The first-order chi connectivity index (χ1) is 12.8. The van der Waals surface area contributed by atoms with Gasteiger partial charge in [0.15, 0.2) is 11.5 Å². The molecular formula is C20H20N2O2S2. The molecule has 0 N–H and O–H groups in total. The number of nitrogens with zero attached hydrogens (tertiary/aromatic N) is 2. The van der Waals surface area contributed by atoms with Gasteiger partial charge in [-0.2, -0.15) is 0 Å². The van der Waals surface area contributed by atoms with Crippen LogP contribution in [0.3, 0.4) is 0 Å². The van der Waals surface area contributed by atoms with Crippen LogP contribution in [0.2, 0.25) is 0 Å². The van der Waals surface area contributed by atoms with Crippen LogP contribution < -0.4 is 9.47 Å². The van der Waals surface area contributed by atoms with E-state index in [1.54, 1.807) is 18.1 Å². The molecule has 4 nitrogen and oxygen atoms in total. The molecular weight excluding hydrogens is 364 g/mol. The topological polar surface area (TPSA) is 44.2 Å². The van der Waals surface area contributed by atoms with Gasteiger partial charge in [0, 0.05) is 21.6 Å². The Hall–Kier alpha value is -1.79. The van der Waals surface area contributed by atoms with Crippen molar-refractivity contribution < 1.29 is 9.47 Å². The SMILES string of the molecule is C[C@@H]1CCc2c(sc3ncnc(Sc4ccc5c(c4)OCCCO5)c23)C1. The third-order valence-corrected chi connectivity index (χ3v) is 7.15. The number of fused-ring (bicyclic) bond motifs is 4. The number of aryl methyl sites for hydroxylation is 1. The molecule has 0 saturated carbocycles. The van der Waals surface area contributed by atoms with Gasteiger partial charge in [-0.25, -0.2) is 9.97 Å². The van der Waals surface area contributed by atoms with Gasteiger partial charge < -0.3 is 9.47 Å². The molecule has 1 aliphatic heterocycles. The van der Waals surface area contributed by atoms with Crippen molar-refractivity contribution in [3.63, 3.8) is 0 Å². The van der Waals surface area contributed by atoms with Crippen LogP contribution in [0.5, 0.6) is 11.5 Å². The van der Waals surface area contributed by atoms with E-state index in [9.17, 15) is 0 Å². The summed E-state index contributed by atoms with van der Waals surface area (Å²) in [6, 6.07) is 6.17. The Bertz CT molecular complexity index is 970. The number of hydrogen-bond donors (Lipinski definition) is 0. The Balaban J connectivity index is 1.53. The van der Waals surface area contributed by atoms with Gasteiger partial charge in [0.2, 0.25) is 0 Å². The summed E-state index contributed by atoms with van der Waals surface area (Å²) >= 11 is 3.54. The fourth-order valence-corrected chi connectivity index (χ4v) is 6.00. The van der Waals surface area contributed by atoms with Crippen LogP contribution in [0, 0.1) is 5.92 Å². The monoisotopic (exact) mass is 384 g/mol. The molecule has 0 unspecified atom stereocenters. The molecule has 0 fully saturated rings. The van der Waals surface area contributed by atoms with Gasteiger partial charge >= 0.3 is 0 Å². The zero-order valence-electron chi connectivity index (χ0n) is 14.7. The molecule has 0 saturated heterocycles. The quantitative estimate of drug-likeness (QED) is 0.573. The molecule has 6 heteroatoms. The summed E-state index contributed by atoms with van der Waals surface area (Å²) in [5.74, 6) is 2.43. The van der Waals surface area contributed by atoms with Gasteiger partial charge in [-0.05, 0) is 48.9 Å². The van der Waals surface area contributed by atoms with Crippen LogP contribution in [-0.2, 0) is 12.8 Å². The molecule has 0 spiro atoms. The Morgan fingerprint density at radius 3 is 2.96 bits per heavy atom. The fraction of sp³-hybridized carbons (Fsp3) is 0.400. The molecule has 26 heavy (non-hydrogen) atoms. The van der Waals surface area contributed by atoms with Crippen LogP contribution in [0.25, 0.3) is 10.2 Å². The maximum atomic E-state index is 5.83. The van der Waals surface area contributed by atoms with E-state index in [2.05, 4.69) is 29.0 Å². The van der Waals surface area contributed by atoms with Crippen molar-refractivity contribution in [1.29, 1.82) is 0 Å². The van der Waals surface area contributed by atoms with E-state index in [1.807, 2.05) is 17.4 Å². The molecule has 5 rings (SSSR count). The van der Waals surface area contributed by atoms with Crippen molar-refractivity contribution in [2.75, 3.05) is 13.2 Å². The second-order valence-electron chi connectivity index (χ2n) is 6.97. The number of benzene rings is 1. The normalized spacial score (nSPS) is 19.2. The number of rotatable bonds is 2. The highest BCUT2D eigenvalue weighted by Crippen LogP contribution is 2.43. The van der Waals surface area contributed by atoms with Crippen molar-refractivity contribution in [1.82, 2.24) is 9.97 Å². The van der Waals surface area contributed by atoms with Crippen LogP contribution in [0.1, 0.15) is 30.2 Å². The first-order valence-electron chi connectivity index (χ1n) is 9.10. The molecule has 2 aliphatic rings. The summed E-state index contributed by atoms with van der Waals surface area (Å²) in [6.07, 6.45) is 6.17. The molecule has 3 aromatic rings. The van der Waals surface area contributed by atoms with Crippen LogP contribution in [0.4, 0.5) is 0 Å². The Labute approximate surface area is 161 Å². The fourth-order valence-electron chi connectivity index (χ4n) is 3.64. The van der Waals surface area contributed by atoms with Crippen LogP contribution >= 0.6 is 23.1 Å². The van der Waals surface area contributed by atoms with E-state index in [1.165, 1.54) is 28.7 Å². The number of ether oxygens (including phenoxy) is 2. The van der Waals surface area contributed by atoms with Gasteiger partial charge in [-0.1, -0.05) is 18.7 Å². The van der Waals surface area contributed by atoms with Gasteiger partial charge in [0.05, 0.1) is 13.2 Å². The second kappa shape index (κ2) is 6.74. The zero-order chi connectivity index (χ0) is 17.5. The molecule has 1 aliphatic carbocycles. The first kappa shape index (κ1) is 16.4. The summed E-state index contributed by atoms with van der Waals surface area (Å²) in [4.78, 5) is 12.9. The van der Waals surface area contributed by atoms with Gasteiger partial charge in [-0.15, -0.1) is 11.3 Å². The van der Waals surface area contributed by atoms with Gasteiger partial charge in [-0.3, -0.25) is 0 Å². The highest BCUT2D eigenvalue weighted by Gasteiger charge is 2.23. The maximum Gasteiger partial charge on any atom is 0.162 e. The summed E-state index contributed by atoms with van der Waals surface area (Å²) < 4.78 is 11.6. The zero-order valence-corrected chi connectivity index (χ0v) is 16.3. The Morgan fingerprint density at radius 1 is 1.15 bits per heavy atom. The lowest BCUT2D eigenvalue weighted by atomic mass is 9.89. The summed E-state index contributed by atoms with van der Waals surface area (Å²) in [7, 11) is 0. The van der Waals surface area contributed by atoms with Crippen molar-refractivity contribution in [2.45, 2.75) is 42.5 Å². The third-order valence-electron chi connectivity index (χ3n) is 4.99. The third kappa shape index (κ3) is 2.95. The van der Waals surface area contributed by atoms with E-state index >= 15 is 0 Å². The summed E-state index contributed by atoms with van der Waals surface area (Å²) in [5, 5.41) is 2.31. The number of thiophene rings is 1. The minimum atomic E-state index is 0.703. The molecule has 2 aromatic heterocycles. The van der Waals surface area contributed by atoms with E-state index in [-0.39, 0.29) is 0 Å². The van der Waals surface area contributed by atoms with Crippen LogP contribution in [0.15, 0.2) is 34.4 Å². The molecule has 1 aromatic carbocycles. The van der Waals surface area contributed by atoms with Crippen molar-refractivity contribution >= 4 is 33.3 Å².